The average molecular weight is 233 g/mol. The molecule has 0 amide bonds. The molecule has 0 aliphatic carbocycles. The van der Waals surface area contributed by atoms with Crippen LogP contribution in [0.5, 0.6) is 0 Å². The van der Waals surface area contributed by atoms with E-state index in [1.807, 2.05) is 58.0 Å². The Balaban J connectivity index is 2.85. The van der Waals surface area contributed by atoms with Gasteiger partial charge in [-0.05, 0) is 26.1 Å². The van der Waals surface area contributed by atoms with Crippen LogP contribution in [0.1, 0.15) is 26.3 Å². The lowest BCUT2D eigenvalue weighted by Gasteiger charge is -2.29. The molecule has 0 radical (unpaired) electrons. The molecule has 0 unspecified atom stereocenters. The third-order valence-corrected chi connectivity index (χ3v) is 2.94. The average Bonchev–Trinajstić information content (AvgIpc) is 2.24. The fourth-order valence-corrected chi connectivity index (χ4v) is 1.85. The van der Waals surface area contributed by atoms with Crippen molar-refractivity contribution in [1.29, 1.82) is 0 Å². The largest absolute Gasteiger partial charge is 0.299 e. The lowest BCUT2D eigenvalue weighted by molar-refractivity contribution is -0.130. The Morgan fingerprint density at radius 3 is 2.12 bits per heavy atom. The summed E-state index contributed by atoms with van der Waals surface area (Å²) in [6, 6.07) is 10.1. The molecule has 1 atom stereocenters. The highest BCUT2D eigenvalue weighted by Gasteiger charge is 2.30. The Labute approximate surface area is 105 Å². The Kier molecular flexibility index (Phi) is 4.47. The number of rotatable bonds is 4. The molecule has 0 heterocycles. The number of Topliss-reactive ketones (excluding diaryl/α,β-unsaturated/α-hetero) is 1. The first-order valence-electron chi connectivity index (χ1n) is 6.07. The fourth-order valence-electron chi connectivity index (χ4n) is 1.85. The molecule has 0 aliphatic heterocycles. The van der Waals surface area contributed by atoms with E-state index in [0.717, 1.165) is 6.42 Å². The van der Waals surface area contributed by atoms with Crippen molar-refractivity contribution in [3.05, 3.63) is 35.9 Å². The van der Waals surface area contributed by atoms with Crippen LogP contribution < -0.4 is 0 Å². The van der Waals surface area contributed by atoms with Crippen LogP contribution in [0.15, 0.2) is 30.3 Å². The molecular weight excluding hydrogens is 210 g/mol. The maximum Gasteiger partial charge on any atom is 0.155 e. The van der Waals surface area contributed by atoms with E-state index in [2.05, 4.69) is 12.1 Å². The van der Waals surface area contributed by atoms with Crippen LogP contribution in [0.3, 0.4) is 0 Å². The molecule has 1 aromatic rings. The van der Waals surface area contributed by atoms with E-state index in [9.17, 15) is 4.79 Å². The first-order chi connectivity index (χ1) is 7.82. The van der Waals surface area contributed by atoms with Gasteiger partial charge in [-0.3, -0.25) is 9.69 Å². The van der Waals surface area contributed by atoms with Crippen LogP contribution in [0.2, 0.25) is 0 Å². The summed E-state index contributed by atoms with van der Waals surface area (Å²) in [6.45, 7) is 5.95. The number of hydrogen-bond acceptors (Lipinski definition) is 2. The van der Waals surface area contributed by atoms with Gasteiger partial charge in [0.05, 0.1) is 6.04 Å². The molecule has 0 aromatic heterocycles. The summed E-state index contributed by atoms with van der Waals surface area (Å²) in [5, 5.41) is 0. The number of hydrogen-bond donors (Lipinski definition) is 0. The third kappa shape index (κ3) is 3.97. The molecule has 17 heavy (non-hydrogen) atoms. The molecule has 0 spiro atoms. The van der Waals surface area contributed by atoms with Gasteiger partial charge < -0.3 is 0 Å². The second-order valence-corrected chi connectivity index (χ2v) is 5.78. The Morgan fingerprint density at radius 1 is 1.18 bits per heavy atom. The highest BCUT2D eigenvalue weighted by atomic mass is 16.1. The summed E-state index contributed by atoms with van der Waals surface area (Å²) < 4.78 is 0. The van der Waals surface area contributed by atoms with Crippen molar-refractivity contribution in [1.82, 2.24) is 4.90 Å². The minimum absolute atomic E-state index is 0.0441. The quantitative estimate of drug-likeness (QED) is 0.797. The van der Waals surface area contributed by atoms with Crippen molar-refractivity contribution in [2.45, 2.75) is 33.2 Å². The summed E-state index contributed by atoms with van der Waals surface area (Å²) >= 11 is 0. The molecule has 0 saturated heterocycles. The predicted octanol–water partition coefficient (Wildman–Crippen LogP) is 2.77. The van der Waals surface area contributed by atoms with E-state index in [0.29, 0.717) is 5.78 Å². The summed E-state index contributed by atoms with van der Waals surface area (Å²) in [5.74, 6) is 0.298. The van der Waals surface area contributed by atoms with Crippen LogP contribution in [0.4, 0.5) is 0 Å². The Bertz CT molecular complexity index is 362. The van der Waals surface area contributed by atoms with Crippen LogP contribution in [-0.2, 0) is 11.2 Å². The summed E-state index contributed by atoms with van der Waals surface area (Å²) in [4.78, 5) is 14.4. The Morgan fingerprint density at radius 2 is 1.71 bits per heavy atom. The topological polar surface area (TPSA) is 20.3 Å². The van der Waals surface area contributed by atoms with Gasteiger partial charge in [0.15, 0.2) is 5.78 Å². The van der Waals surface area contributed by atoms with Gasteiger partial charge in [-0.15, -0.1) is 0 Å². The second-order valence-electron chi connectivity index (χ2n) is 5.78. The number of carbonyl (C=O) groups excluding carboxylic acids is 1. The second kappa shape index (κ2) is 5.46. The first kappa shape index (κ1) is 13.9. The monoisotopic (exact) mass is 233 g/mol. The minimum Gasteiger partial charge on any atom is -0.299 e. The normalized spacial score (nSPS) is 13.8. The molecule has 1 aromatic carbocycles. The van der Waals surface area contributed by atoms with E-state index in [-0.39, 0.29) is 11.5 Å². The lowest BCUT2D eigenvalue weighted by Crippen LogP contribution is -2.43. The molecule has 0 fully saturated rings. The molecule has 2 heteroatoms. The van der Waals surface area contributed by atoms with Gasteiger partial charge >= 0.3 is 0 Å². The number of ketones is 1. The maximum absolute atomic E-state index is 12.4. The number of likely N-dealkylation sites (N-methyl/N-ethyl adjacent to an activating group) is 1. The van der Waals surface area contributed by atoms with Crippen molar-refractivity contribution >= 4 is 5.78 Å². The van der Waals surface area contributed by atoms with Gasteiger partial charge in [0.25, 0.3) is 0 Å². The molecule has 0 N–H and O–H groups in total. The zero-order chi connectivity index (χ0) is 13.1. The van der Waals surface area contributed by atoms with Gasteiger partial charge in [-0.25, -0.2) is 0 Å². The molecular formula is C15H23NO. The zero-order valence-electron chi connectivity index (χ0n) is 11.5. The summed E-state index contributed by atoms with van der Waals surface area (Å²) in [5.41, 5.74) is 0.924. The number of benzene rings is 1. The van der Waals surface area contributed by atoms with Crippen molar-refractivity contribution in [2.75, 3.05) is 14.1 Å². The van der Waals surface area contributed by atoms with Gasteiger partial charge in [-0.2, -0.15) is 0 Å². The first-order valence-corrected chi connectivity index (χ1v) is 6.07. The van der Waals surface area contributed by atoms with Crippen LogP contribution in [-0.4, -0.2) is 30.8 Å². The van der Waals surface area contributed by atoms with E-state index in [1.165, 1.54) is 5.56 Å². The van der Waals surface area contributed by atoms with Crippen LogP contribution in [0.25, 0.3) is 0 Å². The van der Waals surface area contributed by atoms with E-state index < -0.39 is 0 Å². The smallest absolute Gasteiger partial charge is 0.155 e. The predicted molar refractivity (Wildman–Crippen MR) is 72.1 cm³/mol. The van der Waals surface area contributed by atoms with Crippen LogP contribution >= 0.6 is 0 Å². The summed E-state index contributed by atoms with van der Waals surface area (Å²) in [7, 11) is 3.94. The van der Waals surface area contributed by atoms with Crippen molar-refractivity contribution in [3.8, 4) is 0 Å². The zero-order valence-corrected chi connectivity index (χ0v) is 11.5. The van der Waals surface area contributed by atoms with Crippen molar-refractivity contribution in [2.24, 2.45) is 5.41 Å². The van der Waals surface area contributed by atoms with E-state index in [4.69, 9.17) is 0 Å². The van der Waals surface area contributed by atoms with Crippen molar-refractivity contribution in [3.63, 3.8) is 0 Å². The number of carbonyl (C=O) groups is 1. The SMILES string of the molecule is CN(C)[C@@H](Cc1ccccc1)C(=O)C(C)(C)C. The van der Waals surface area contributed by atoms with Gasteiger partial charge in [0.2, 0.25) is 0 Å². The molecule has 0 aliphatic rings. The van der Waals surface area contributed by atoms with Gasteiger partial charge in [0.1, 0.15) is 0 Å². The van der Waals surface area contributed by atoms with Crippen molar-refractivity contribution < 1.29 is 4.79 Å². The minimum atomic E-state index is -0.288. The van der Waals surface area contributed by atoms with Crippen LogP contribution in [0, 0.1) is 5.41 Å². The fraction of sp³-hybridized carbons (Fsp3) is 0.533. The number of nitrogens with zero attached hydrogens (tertiary/aromatic N) is 1. The molecule has 0 bridgehead atoms. The van der Waals surface area contributed by atoms with Gasteiger partial charge in [-0.1, -0.05) is 51.1 Å². The Hall–Kier alpha value is -1.15. The molecule has 94 valence electrons. The molecule has 2 nitrogen and oxygen atoms in total. The van der Waals surface area contributed by atoms with Gasteiger partial charge in [0, 0.05) is 5.41 Å². The standard InChI is InChI=1S/C15H23NO/c1-15(2,3)14(17)13(16(4)5)11-12-9-7-6-8-10-12/h6-10,13H,11H2,1-5H3/t13-/m0/s1. The van der Waals surface area contributed by atoms with E-state index >= 15 is 0 Å². The highest BCUT2D eigenvalue weighted by molar-refractivity contribution is 5.88. The lowest BCUT2D eigenvalue weighted by atomic mass is 9.84. The summed E-state index contributed by atoms with van der Waals surface area (Å²) in [6.07, 6.45) is 0.782. The third-order valence-electron chi connectivity index (χ3n) is 2.94. The maximum atomic E-state index is 12.4. The van der Waals surface area contributed by atoms with E-state index in [1.54, 1.807) is 0 Å². The highest BCUT2D eigenvalue weighted by Crippen LogP contribution is 2.21. The molecule has 1 rings (SSSR count). The molecule has 0 saturated carbocycles.